The molecule has 0 aliphatic carbocycles. The molecule has 0 atom stereocenters. The van der Waals surface area contributed by atoms with Crippen LogP contribution in [0.5, 0.6) is 0 Å². The van der Waals surface area contributed by atoms with E-state index in [1.165, 1.54) is 6.07 Å². The average Bonchev–Trinajstić information content (AvgIpc) is 3.21. The molecule has 4 aromatic rings. The number of imidazole rings is 1. The van der Waals surface area contributed by atoms with Crippen LogP contribution < -0.4 is 34.9 Å². The Hall–Kier alpha value is -2.74. The molecule has 0 saturated carbocycles. The molecular formula is C19H16N5NaO2. The zero-order valence-electron chi connectivity index (χ0n) is 15.7. The minimum Gasteiger partial charge on any atom is -1.00 e. The van der Waals surface area contributed by atoms with E-state index in [9.17, 15) is 9.90 Å². The zero-order valence-corrected chi connectivity index (χ0v) is 16.7. The number of nitrogens with zero attached hydrogens (tertiary/aromatic N) is 4. The maximum atomic E-state index is 11.3. The number of carboxylic acid groups (broad SMARTS) is 1. The molecule has 0 radical (unpaired) electrons. The minimum absolute atomic E-state index is 0. The third kappa shape index (κ3) is 4.16. The van der Waals surface area contributed by atoms with Crippen molar-refractivity contribution < 1.29 is 40.9 Å². The minimum atomic E-state index is -0.986. The van der Waals surface area contributed by atoms with Gasteiger partial charge in [-0.15, -0.1) is 0 Å². The summed E-state index contributed by atoms with van der Waals surface area (Å²) in [7, 11) is 0. The average molecular weight is 369 g/mol. The third-order valence-electron chi connectivity index (χ3n) is 3.97. The summed E-state index contributed by atoms with van der Waals surface area (Å²) in [6.45, 7) is 0.563. The standard InChI is InChI=1S/C19H15N5O2.Na.H/c25-18(26)14-6-7-16-15(10-14)17(21-11-13-4-2-1-3-5-13)23-19(22-16)24-9-8-20-12-24;;/h1-10,12H,11H2,(H,25,26)(H,21,22,23);;/q;+1;-1. The van der Waals surface area contributed by atoms with Crippen molar-refractivity contribution in [3.8, 4) is 5.95 Å². The van der Waals surface area contributed by atoms with Crippen molar-refractivity contribution in [2.45, 2.75) is 6.54 Å². The molecule has 2 heterocycles. The van der Waals surface area contributed by atoms with Crippen LogP contribution in [0.4, 0.5) is 5.82 Å². The SMILES string of the molecule is O=C(O)c1ccc2nc(-n3ccnc3)nc(NCc3ccccc3)c2c1.[H-].[Na+]. The van der Waals surface area contributed by atoms with Gasteiger partial charge >= 0.3 is 35.5 Å². The summed E-state index contributed by atoms with van der Waals surface area (Å²) in [6.07, 6.45) is 5.03. The van der Waals surface area contributed by atoms with E-state index in [-0.39, 0.29) is 36.5 Å². The number of nitrogens with one attached hydrogen (secondary N) is 1. The largest absolute Gasteiger partial charge is 1.00 e. The molecule has 4 rings (SSSR count). The van der Waals surface area contributed by atoms with E-state index in [0.717, 1.165) is 5.56 Å². The summed E-state index contributed by atoms with van der Waals surface area (Å²) >= 11 is 0. The van der Waals surface area contributed by atoms with Gasteiger partial charge < -0.3 is 11.8 Å². The maximum Gasteiger partial charge on any atom is 1.00 e. The first-order chi connectivity index (χ1) is 12.7. The first kappa shape index (κ1) is 19.0. The van der Waals surface area contributed by atoms with E-state index in [4.69, 9.17) is 0 Å². The van der Waals surface area contributed by atoms with Gasteiger partial charge in [0.15, 0.2) is 0 Å². The van der Waals surface area contributed by atoms with Crippen LogP contribution in [0.15, 0.2) is 67.3 Å². The molecular weight excluding hydrogens is 353 g/mol. The Morgan fingerprint density at radius 1 is 1.15 bits per heavy atom. The third-order valence-corrected chi connectivity index (χ3v) is 3.97. The quantitative estimate of drug-likeness (QED) is 0.490. The van der Waals surface area contributed by atoms with Crippen LogP contribution in [0, 0.1) is 0 Å². The fourth-order valence-electron chi connectivity index (χ4n) is 2.66. The fourth-order valence-corrected chi connectivity index (χ4v) is 2.66. The van der Waals surface area contributed by atoms with Gasteiger partial charge in [-0.2, -0.15) is 4.98 Å². The van der Waals surface area contributed by atoms with Crippen LogP contribution in [-0.4, -0.2) is 30.6 Å². The number of hydrogen-bond donors (Lipinski definition) is 2. The van der Waals surface area contributed by atoms with Gasteiger partial charge in [-0.05, 0) is 23.8 Å². The van der Waals surface area contributed by atoms with Gasteiger partial charge in [0.2, 0.25) is 5.95 Å². The predicted octanol–water partition coefficient (Wildman–Crippen LogP) is 0.242. The molecule has 2 aromatic carbocycles. The molecule has 2 aromatic heterocycles. The maximum absolute atomic E-state index is 11.3. The molecule has 0 saturated heterocycles. The van der Waals surface area contributed by atoms with Crippen LogP contribution in [0.2, 0.25) is 0 Å². The smallest absolute Gasteiger partial charge is 1.00 e. The van der Waals surface area contributed by atoms with Crippen molar-refractivity contribution in [3.63, 3.8) is 0 Å². The number of benzene rings is 2. The number of aromatic carboxylic acids is 1. The zero-order chi connectivity index (χ0) is 17.9. The van der Waals surface area contributed by atoms with Gasteiger partial charge in [0, 0.05) is 24.3 Å². The van der Waals surface area contributed by atoms with Crippen molar-refractivity contribution in [3.05, 3.63) is 78.4 Å². The van der Waals surface area contributed by atoms with E-state index in [1.54, 1.807) is 35.4 Å². The number of rotatable bonds is 5. The molecule has 130 valence electrons. The van der Waals surface area contributed by atoms with Gasteiger partial charge in [0.1, 0.15) is 12.1 Å². The molecule has 8 heteroatoms. The molecule has 0 amide bonds. The van der Waals surface area contributed by atoms with Crippen LogP contribution in [0.3, 0.4) is 0 Å². The molecule has 27 heavy (non-hydrogen) atoms. The molecule has 0 fully saturated rings. The van der Waals surface area contributed by atoms with E-state index in [2.05, 4.69) is 20.3 Å². The van der Waals surface area contributed by atoms with E-state index in [0.29, 0.717) is 29.2 Å². The summed E-state index contributed by atoms with van der Waals surface area (Å²) in [4.78, 5) is 24.4. The summed E-state index contributed by atoms with van der Waals surface area (Å²) in [6, 6.07) is 14.7. The number of carbonyl (C=O) groups is 1. The molecule has 0 aliphatic heterocycles. The van der Waals surface area contributed by atoms with E-state index in [1.807, 2.05) is 30.3 Å². The van der Waals surface area contributed by atoms with Gasteiger partial charge in [-0.3, -0.25) is 4.57 Å². The van der Waals surface area contributed by atoms with Gasteiger partial charge in [-0.1, -0.05) is 30.3 Å². The number of carboxylic acids is 1. The molecule has 0 unspecified atom stereocenters. The first-order valence-electron chi connectivity index (χ1n) is 8.02. The molecule has 7 nitrogen and oxygen atoms in total. The first-order valence-corrected chi connectivity index (χ1v) is 8.02. The van der Waals surface area contributed by atoms with Crippen LogP contribution >= 0.6 is 0 Å². The number of anilines is 1. The molecule has 2 N–H and O–H groups in total. The van der Waals surface area contributed by atoms with Gasteiger partial charge in [0.05, 0.1) is 11.1 Å². The molecule has 0 bridgehead atoms. The number of aromatic nitrogens is 4. The summed E-state index contributed by atoms with van der Waals surface area (Å²) in [5.74, 6) is 0.0545. The number of hydrogen-bond acceptors (Lipinski definition) is 5. The van der Waals surface area contributed by atoms with Crippen molar-refractivity contribution in [2.24, 2.45) is 0 Å². The summed E-state index contributed by atoms with van der Waals surface area (Å²) < 4.78 is 1.71. The van der Waals surface area contributed by atoms with Crippen molar-refractivity contribution in [1.82, 2.24) is 19.5 Å². The normalized spacial score (nSPS) is 10.4. The Morgan fingerprint density at radius 2 is 1.96 bits per heavy atom. The second kappa shape index (κ2) is 8.30. The van der Waals surface area contributed by atoms with Gasteiger partial charge in [-0.25, -0.2) is 14.8 Å². The van der Waals surface area contributed by atoms with Crippen LogP contribution in [-0.2, 0) is 6.54 Å². The molecule has 0 spiro atoms. The Labute approximate surface area is 178 Å². The van der Waals surface area contributed by atoms with Gasteiger partial charge in [0.25, 0.3) is 0 Å². The Balaban J connectivity index is 0.00000140. The van der Waals surface area contributed by atoms with Crippen molar-refractivity contribution >= 4 is 22.7 Å². The Morgan fingerprint density at radius 3 is 2.67 bits per heavy atom. The van der Waals surface area contributed by atoms with Crippen LogP contribution in [0.1, 0.15) is 17.3 Å². The van der Waals surface area contributed by atoms with Crippen molar-refractivity contribution in [1.29, 1.82) is 0 Å². The topological polar surface area (TPSA) is 92.9 Å². The second-order valence-electron chi connectivity index (χ2n) is 5.72. The predicted molar refractivity (Wildman–Crippen MR) is 98.5 cm³/mol. The molecule has 0 aliphatic rings. The Kier molecular flexibility index (Phi) is 5.85. The van der Waals surface area contributed by atoms with Crippen molar-refractivity contribution in [2.75, 3.05) is 5.32 Å². The van der Waals surface area contributed by atoms with E-state index < -0.39 is 5.97 Å². The fraction of sp³-hybridized carbons (Fsp3) is 0.0526. The summed E-state index contributed by atoms with van der Waals surface area (Å²) in [5.41, 5.74) is 1.95. The summed E-state index contributed by atoms with van der Waals surface area (Å²) in [5, 5.41) is 13.2. The Bertz CT molecular complexity index is 1070. The number of fused-ring (bicyclic) bond motifs is 1. The van der Waals surface area contributed by atoms with E-state index >= 15 is 0 Å². The second-order valence-corrected chi connectivity index (χ2v) is 5.72. The van der Waals surface area contributed by atoms with Crippen LogP contribution in [0.25, 0.3) is 16.9 Å². The monoisotopic (exact) mass is 369 g/mol.